The normalized spacial score (nSPS) is 18.9. The van der Waals surface area contributed by atoms with Gasteiger partial charge < -0.3 is 14.7 Å². The highest BCUT2D eigenvalue weighted by atomic mass is 15.3. The zero-order valence-electron chi connectivity index (χ0n) is 13.0. The minimum atomic E-state index is 0.466. The van der Waals surface area contributed by atoms with Crippen molar-refractivity contribution in [2.24, 2.45) is 11.3 Å². The van der Waals surface area contributed by atoms with Gasteiger partial charge in [-0.25, -0.2) is 15.8 Å². The van der Waals surface area contributed by atoms with Gasteiger partial charge in [0.25, 0.3) is 0 Å². The third kappa shape index (κ3) is 2.68. The van der Waals surface area contributed by atoms with Crippen LogP contribution in [-0.4, -0.2) is 27.5 Å². The highest BCUT2D eigenvalue weighted by Crippen LogP contribution is 2.38. The fourth-order valence-corrected chi connectivity index (χ4v) is 3.17. The van der Waals surface area contributed by atoms with Crippen LogP contribution in [0.25, 0.3) is 5.65 Å². The van der Waals surface area contributed by atoms with E-state index in [4.69, 9.17) is 5.84 Å². The van der Waals surface area contributed by atoms with Gasteiger partial charge in [-0.3, -0.25) is 0 Å². The number of nitrogens with two attached hydrogens (primary N) is 1. The fourth-order valence-electron chi connectivity index (χ4n) is 3.17. The summed E-state index contributed by atoms with van der Waals surface area (Å²) in [5, 5.41) is 0. The first-order valence-electron chi connectivity index (χ1n) is 7.53. The third-order valence-corrected chi connectivity index (χ3v) is 4.69. The molecule has 114 valence electrons. The second-order valence-corrected chi connectivity index (χ2v) is 6.76. The standard InChI is InChI=1S/C15H24N6/c1-15(2)6-4-11(5-7-15)20(3)14-13-17-8-9-21(13)10-12(18-14)19-16/h8-11,19H,4-7,16H2,1-3H3. The second-order valence-electron chi connectivity index (χ2n) is 6.76. The van der Waals surface area contributed by atoms with Crippen molar-refractivity contribution in [3.05, 3.63) is 18.6 Å². The Morgan fingerprint density at radius 2 is 2.10 bits per heavy atom. The largest absolute Gasteiger partial charge is 0.354 e. The summed E-state index contributed by atoms with van der Waals surface area (Å²) in [4.78, 5) is 11.3. The molecule has 0 saturated heterocycles. The summed E-state index contributed by atoms with van der Waals surface area (Å²) < 4.78 is 1.96. The molecule has 3 N–H and O–H groups in total. The van der Waals surface area contributed by atoms with E-state index in [-0.39, 0.29) is 0 Å². The van der Waals surface area contributed by atoms with Crippen molar-refractivity contribution in [2.75, 3.05) is 17.4 Å². The van der Waals surface area contributed by atoms with Crippen LogP contribution in [-0.2, 0) is 0 Å². The maximum Gasteiger partial charge on any atom is 0.180 e. The van der Waals surface area contributed by atoms with Crippen molar-refractivity contribution >= 4 is 17.3 Å². The summed E-state index contributed by atoms with van der Waals surface area (Å²) in [7, 11) is 2.11. The molecule has 6 heteroatoms. The molecule has 2 aromatic rings. The van der Waals surface area contributed by atoms with E-state index in [2.05, 4.69) is 41.2 Å². The van der Waals surface area contributed by atoms with Crippen LogP contribution in [0.5, 0.6) is 0 Å². The lowest BCUT2D eigenvalue weighted by molar-refractivity contribution is 0.222. The molecule has 1 saturated carbocycles. The molecule has 1 aliphatic carbocycles. The molecule has 0 radical (unpaired) electrons. The number of rotatable bonds is 3. The molecule has 0 unspecified atom stereocenters. The maximum absolute atomic E-state index is 5.53. The number of nitrogens with zero attached hydrogens (tertiary/aromatic N) is 4. The summed E-state index contributed by atoms with van der Waals surface area (Å²) in [5.41, 5.74) is 3.98. The van der Waals surface area contributed by atoms with Gasteiger partial charge in [-0.05, 0) is 31.1 Å². The van der Waals surface area contributed by atoms with Crippen molar-refractivity contribution < 1.29 is 0 Å². The van der Waals surface area contributed by atoms with E-state index < -0.39 is 0 Å². The van der Waals surface area contributed by atoms with E-state index in [0.29, 0.717) is 17.3 Å². The van der Waals surface area contributed by atoms with Crippen LogP contribution in [0.15, 0.2) is 18.6 Å². The number of imidazole rings is 1. The van der Waals surface area contributed by atoms with Crippen molar-refractivity contribution in [2.45, 2.75) is 45.6 Å². The monoisotopic (exact) mass is 288 g/mol. The zero-order valence-corrected chi connectivity index (χ0v) is 13.0. The van der Waals surface area contributed by atoms with Crippen LogP contribution in [0, 0.1) is 5.41 Å². The van der Waals surface area contributed by atoms with E-state index >= 15 is 0 Å². The topological polar surface area (TPSA) is 71.5 Å². The minimum absolute atomic E-state index is 0.466. The molecule has 0 spiro atoms. The van der Waals surface area contributed by atoms with Crippen LogP contribution in [0.1, 0.15) is 39.5 Å². The molecular formula is C15H24N6. The number of nitrogen functional groups attached to an aromatic ring is 1. The highest BCUT2D eigenvalue weighted by molar-refractivity contribution is 5.66. The van der Waals surface area contributed by atoms with Crippen molar-refractivity contribution in [3.8, 4) is 0 Å². The number of aromatic nitrogens is 3. The summed E-state index contributed by atoms with van der Waals surface area (Å²) in [6.07, 6.45) is 10.4. The smallest absolute Gasteiger partial charge is 0.180 e. The zero-order chi connectivity index (χ0) is 15.0. The summed E-state index contributed by atoms with van der Waals surface area (Å²) in [5.74, 6) is 7.07. The molecule has 0 bridgehead atoms. The molecule has 0 amide bonds. The van der Waals surface area contributed by atoms with Gasteiger partial charge in [0, 0.05) is 25.5 Å². The number of fused-ring (bicyclic) bond motifs is 1. The molecule has 1 aliphatic rings. The van der Waals surface area contributed by atoms with Crippen molar-refractivity contribution in [3.63, 3.8) is 0 Å². The Hall–Kier alpha value is -1.82. The molecule has 2 aromatic heterocycles. The van der Waals surface area contributed by atoms with Crippen LogP contribution in [0.3, 0.4) is 0 Å². The van der Waals surface area contributed by atoms with E-state index in [1.165, 1.54) is 25.7 Å². The average Bonchev–Trinajstić information content (AvgIpc) is 2.93. The molecule has 3 rings (SSSR count). The molecular weight excluding hydrogens is 264 g/mol. The fraction of sp³-hybridized carbons (Fsp3) is 0.600. The van der Waals surface area contributed by atoms with E-state index in [1.807, 2.05) is 16.8 Å². The van der Waals surface area contributed by atoms with Crippen molar-refractivity contribution in [1.82, 2.24) is 14.4 Å². The molecule has 2 heterocycles. The van der Waals surface area contributed by atoms with E-state index in [0.717, 1.165) is 11.5 Å². The minimum Gasteiger partial charge on any atom is -0.354 e. The number of hydrogen-bond acceptors (Lipinski definition) is 5. The Balaban J connectivity index is 1.90. The van der Waals surface area contributed by atoms with Crippen LogP contribution >= 0.6 is 0 Å². The first-order valence-corrected chi connectivity index (χ1v) is 7.53. The number of hydrazine groups is 1. The number of hydrogen-bond donors (Lipinski definition) is 2. The van der Waals surface area contributed by atoms with Crippen LogP contribution < -0.4 is 16.2 Å². The predicted molar refractivity (Wildman–Crippen MR) is 85.2 cm³/mol. The molecule has 21 heavy (non-hydrogen) atoms. The summed E-state index contributed by atoms with van der Waals surface area (Å²) >= 11 is 0. The van der Waals surface area contributed by atoms with Gasteiger partial charge in [-0.2, -0.15) is 0 Å². The average molecular weight is 288 g/mol. The Labute approximate surface area is 125 Å². The van der Waals surface area contributed by atoms with Gasteiger partial charge in [0.2, 0.25) is 0 Å². The van der Waals surface area contributed by atoms with Gasteiger partial charge in [-0.1, -0.05) is 13.8 Å². The van der Waals surface area contributed by atoms with Gasteiger partial charge in [-0.15, -0.1) is 0 Å². The van der Waals surface area contributed by atoms with Gasteiger partial charge in [0.05, 0.1) is 6.20 Å². The Bertz CT molecular complexity index is 622. The van der Waals surface area contributed by atoms with Crippen LogP contribution in [0.4, 0.5) is 11.6 Å². The first-order chi connectivity index (χ1) is 10.00. The third-order valence-electron chi connectivity index (χ3n) is 4.69. The molecule has 6 nitrogen and oxygen atoms in total. The Morgan fingerprint density at radius 1 is 1.38 bits per heavy atom. The molecule has 0 atom stereocenters. The lowest BCUT2D eigenvalue weighted by Gasteiger charge is -2.39. The Kier molecular flexibility index (Phi) is 3.49. The summed E-state index contributed by atoms with van der Waals surface area (Å²) in [6, 6.07) is 0.513. The maximum atomic E-state index is 5.53. The summed E-state index contributed by atoms with van der Waals surface area (Å²) in [6.45, 7) is 4.71. The Morgan fingerprint density at radius 3 is 2.76 bits per heavy atom. The van der Waals surface area contributed by atoms with Crippen molar-refractivity contribution in [1.29, 1.82) is 0 Å². The van der Waals surface area contributed by atoms with E-state index in [9.17, 15) is 0 Å². The molecule has 1 fully saturated rings. The lowest BCUT2D eigenvalue weighted by atomic mass is 9.75. The van der Waals surface area contributed by atoms with E-state index in [1.54, 1.807) is 6.20 Å². The first kappa shape index (κ1) is 14.1. The number of anilines is 2. The lowest BCUT2D eigenvalue weighted by Crippen LogP contribution is -2.38. The highest BCUT2D eigenvalue weighted by Gasteiger charge is 2.30. The van der Waals surface area contributed by atoms with Gasteiger partial charge in [0.15, 0.2) is 17.3 Å². The second kappa shape index (κ2) is 5.18. The SMILES string of the molecule is CN(c1nc(NN)cn2ccnc12)C1CCC(C)(C)CC1. The predicted octanol–water partition coefficient (Wildman–Crippen LogP) is 2.42. The quantitative estimate of drug-likeness (QED) is 0.670. The molecule has 0 aliphatic heterocycles. The molecule has 0 aromatic carbocycles. The van der Waals surface area contributed by atoms with Gasteiger partial charge in [0.1, 0.15) is 0 Å². The van der Waals surface area contributed by atoms with Gasteiger partial charge >= 0.3 is 0 Å². The number of nitrogens with one attached hydrogen (secondary N) is 1. The van der Waals surface area contributed by atoms with Crippen LogP contribution in [0.2, 0.25) is 0 Å².